The standard InChI is InChI=1S/C12H12FNO3S2/c1-2-17-10-5-3-9(4-6-10)14-19(15,16)12-8-7-11(13)18-12/h3-8,14H,2H2,1H3. The summed E-state index contributed by atoms with van der Waals surface area (Å²) in [6.07, 6.45) is 0. The maximum atomic E-state index is 12.8. The van der Waals surface area contributed by atoms with Crippen molar-refractivity contribution in [3.05, 3.63) is 41.5 Å². The largest absolute Gasteiger partial charge is 0.494 e. The molecule has 0 spiro atoms. The Hall–Kier alpha value is -1.60. The van der Waals surface area contributed by atoms with E-state index in [0.717, 1.165) is 6.07 Å². The minimum absolute atomic E-state index is 0.0566. The van der Waals surface area contributed by atoms with Crippen LogP contribution in [0.3, 0.4) is 0 Å². The van der Waals surface area contributed by atoms with Gasteiger partial charge in [0, 0.05) is 5.69 Å². The highest BCUT2D eigenvalue weighted by atomic mass is 32.2. The van der Waals surface area contributed by atoms with Gasteiger partial charge in [-0.25, -0.2) is 8.42 Å². The topological polar surface area (TPSA) is 55.4 Å². The summed E-state index contributed by atoms with van der Waals surface area (Å²) < 4.78 is 44.3. The van der Waals surface area contributed by atoms with Crippen molar-refractivity contribution in [2.24, 2.45) is 0 Å². The second-order valence-electron chi connectivity index (χ2n) is 3.62. The molecule has 0 aliphatic heterocycles. The van der Waals surface area contributed by atoms with E-state index < -0.39 is 15.2 Å². The van der Waals surface area contributed by atoms with Gasteiger partial charge in [-0.2, -0.15) is 4.39 Å². The lowest BCUT2D eigenvalue weighted by Gasteiger charge is -2.07. The van der Waals surface area contributed by atoms with Crippen molar-refractivity contribution in [3.8, 4) is 5.75 Å². The van der Waals surface area contributed by atoms with Crippen LogP contribution in [0.1, 0.15) is 6.92 Å². The molecule has 0 saturated heterocycles. The van der Waals surface area contributed by atoms with Gasteiger partial charge in [-0.05, 0) is 43.3 Å². The Bertz CT molecular complexity index is 650. The predicted molar refractivity (Wildman–Crippen MR) is 72.7 cm³/mol. The Morgan fingerprint density at radius 2 is 1.89 bits per heavy atom. The van der Waals surface area contributed by atoms with Crippen LogP contribution in [0.4, 0.5) is 10.1 Å². The van der Waals surface area contributed by atoms with E-state index in [2.05, 4.69) is 4.72 Å². The zero-order valence-electron chi connectivity index (χ0n) is 10.1. The van der Waals surface area contributed by atoms with Crippen molar-refractivity contribution in [2.75, 3.05) is 11.3 Å². The van der Waals surface area contributed by atoms with E-state index in [1.807, 2.05) is 6.92 Å². The van der Waals surface area contributed by atoms with Crippen LogP contribution in [0.25, 0.3) is 0 Å². The van der Waals surface area contributed by atoms with Crippen molar-refractivity contribution in [1.29, 1.82) is 0 Å². The second kappa shape index (κ2) is 5.58. The monoisotopic (exact) mass is 301 g/mol. The summed E-state index contributed by atoms with van der Waals surface area (Å²) in [5, 5.41) is -0.535. The number of rotatable bonds is 5. The molecule has 19 heavy (non-hydrogen) atoms. The molecule has 1 heterocycles. The SMILES string of the molecule is CCOc1ccc(NS(=O)(=O)c2ccc(F)s2)cc1. The summed E-state index contributed by atoms with van der Waals surface area (Å²) in [6.45, 7) is 2.40. The van der Waals surface area contributed by atoms with Crippen molar-refractivity contribution in [3.63, 3.8) is 0 Å². The predicted octanol–water partition coefficient (Wildman–Crippen LogP) is 3.09. The number of thiophene rings is 1. The van der Waals surface area contributed by atoms with Crippen LogP contribution in [-0.2, 0) is 10.0 Å². The van der Waals surface area contributed by atoms with Gasteiger partial charge in [0.25, 0.3) is 10.0 Å². The van der Waals surface area contributed by atoms with Crippen molar-refractivity contribution < 1.29 is 17.5 Å². The van der Waals surface area contributed by atoms with Crippen LogP contribution in [0.15, 0.2) is 40.6 Å². The Labute approximate surface area is 114 Å². The minimum Gasteiger partial charge on any atom is -0.494 e. The third-order valence-corrected chi connectivity index (χ3v) is 4.98. The van der Waals surface area contributed by atoms with Gasteiger partial charge in [-0.1, -0.05) is 11.3 Å². The molecule has 0 atom stereocenters. The molecule has 0 unspecified atom stereocenters. The average Bonchev–Trinajstić information content (AvgIpc) is 2.79. The smallest absolute Gasteiger partial charge is 0.271 e. The van der Waals surface area contributed by atoms with Crippen molar-refractivity contribution in [1.82, 2.24) is 0 Å². The van der Waals surface area contributed by atoms with E-state index >= 15 is 0 Å². The van der Waals surface area contributed by atoms with E-state index in [4.69, 9.17) is 4.74 Å². The number of benzene rings is 1. The first-order valence-electron chi connectivity index (χ1n) is 5.52. The van der Waals surface area contributed by atoms with Crippen LogP contribution in [0, 0.1) is 5.13 Å². The third kappa shape index (κ3) is 3.45. The van der Waals surface area contributed by atoms with E-state index in [1.165, 1.54) is 6.07 Å². The highest BCUT2D eigenvalue weighted by Crippen LogP contribution is 2.24. The summed E-state index contributed by atoms with van der Waals surface area (Å²) in [5.74, 6) is 0.660. The Balaban J connectivity index is 2.16. The molecular weight excluding hydrogens is 289 g/mol. The third-order valence-electron chi connectivity index (χ3n) is 2.23. The zero-order valence-corrected chi connectivity index (χ0v) is 11.7. The maximum Gasteiger partial charge on any atom is 0.271 e. The number of halogens is 1. The number of hydrogen-bond acceptors (Lipinski definition) is 4. The van der Waals surface area contributed by atoms with Crippen LogP contribution >= 0.6 is 11.3 Å². The molecule has 0 saturated carbocycles. The molecule has 1 aromatic heterocycles. The molecule has 4 nitrogen and oxygen atoms in total. The maximum absolute atomic E-state index is 12.8. The minimum atomic E-state index is -3.73. The van der Waals surface area contributed by atoms with Gasteiger partial charge in [-0.15, -0.1) is 0 Å². The van der Waals surface area contributed by atoms with Crippen LogP contribution < -0.4 is 9.46 Å². The summed E-state index contributed by atoms with van der Waals surface area (Å²) >= 11 is 0.583. The van der Waals surface area contributed by atoms with Gasteiger partial charge in [0.2, 0.25) is 0 Å². The van der Waals surface area contributed by atoms with E-state index in [0.29, 0.717) is 29.4 Å². The molecule has 0 aliphatic rings. The number of anilines is 1. The molecule has 0 fully saturated rings. The molecule has 0 amide bonds. The highest BCUT2D eigenvalue weighted by molar-refractivity contribution is 7.94. The van der Waals surface area contributed by atoms with Crippen molar-refractivity contribution in [2.45, 2.75) is 11.1 Å². The molecule has 0 aliphatic carbocycles. The Morgan fingerprint density at radius 1 is 1.21 bits per heavy atom. The van der Waals surface area contributed by atoms with Crippen LogP contribution in [0.2, 0.25) is 0 Å². The van der Waals surface area contributed by atoms with Gasteiger partial charge in [0.15, 0.2) is 5.13 Å². The summed E-state index contributed by atoms with van der Waals surface area (Å²) in [4.78, 5) is 0. The zero-order chi connectivity index (χ0) is 13.9. The second-order valence-corrected chi connectivity index (χ2v) is 6.56. The van der Waals surface area contributed by atoms with Gasteiger partial charge >= 0.3 is 0 Å². The first kappa shape index (κ1) is 13.8. The molecule has 1 N–H and O–H groups in total. The van der Waals surface area contributed by atoms with Crippen LogP contribution in [-0.4, -0.2) is 15.0 Å². The van der Waals surface area contributed by atoms with Gasteiger partial charge in [0.05, 0.1) is 6.61 Å². The van der Waals surface area contributed by atoms with Gasteiger partial charge in [0.1, 0.15) is 9.96 Å². The van der Waals surface area contributed by atoms with E-state index in [9.17, 15) is 12.8 Å². The molecule has 1 aromatic carbocycles. The lowest BCUT2D eigenvalue weighted by atomic mass is 10.3. The number of sulfonamides is 1. The normalized spacial score (nSPS) is 11.3. The first-order valence-corrected chi connectivity index (χ1v) is 7.82. The van der Waals surface area contributed by atoms with Crippen molar-refractivity contribution >= 4 is 27.0 Å². The molecule has 2 aromatic rings. The summed E-state index contributed by atoms with van der Waals surface area (Å²) in [6, 6.07) is 8.86. The lowest BCUT2D eigenvalue weighted by molar-refractivity contribution is 0.340. The molecule has 102 valence electrons. The molecule has 7 heteroatoms. The summed E-state index contributed by atoms with van der Waals surface area (Å²) in [7, 11) is -3.73. The fraction of sp³-hybridized carbons (Fsp3) is 0.167. The Kier molecular flexibility index (Phi) is 4.06. The number of hydrogen-bond donors (Lipinski definition) is 1. The highest BCUT2D eigenvalue weighted by Gasteiger charge is 2.17. The quantitative estimate of drug-likeness (QED) is 0.923. The molecule has 0 bridgehead atoms. The summed E-state index contributed by atoms with van der Waals surface area (Å²) in [5.41, 5.74) is 0.400. The lowest BCUT2D eigenvalue weighted by Crippen LogP contribution is -2.11. The first-order chi connectivity index (χ1) is 9.01. The van der Waals surface area contributed by atoms with Crippen LogP contribution in [0.5, 0.6) is 5.75 Å². The van der Waals surface area contributed by atoms with Gasteiger partial charge in [-0.3, -0.25) is 4.72 Å². The fourth-order valence-electron chi connectivity index (χ4n) is 1.43. The molecule has 2 rings (SSSR count). The Morgan fingerprint density at radius 3 is 2.42 bits per heavy atom. The number of ether oxygens (including phenoxy) is 1. The van der Waals surface area contributed by atoms with Gasteiger partial charge < -0.3 is 4.74 Å². The van der Waals surface area contributed by atoms with E-state index in [-0.39, 0.29) is 4.21 Å². The average molecular weight is 301 g/mol. The molecule has 0 radical (unpaired) electrons. The number of nitrogens with one attached hydrogen (secondary N) is 1. The fourth-order valence-corrected chi connectivity index (χ4v) is 3.49. The van der Waals surface area contributed by atoms with E-state index in [1.54, 1.807) is 24.3 Å². The molecular formula is C12H12FNO3S2.